The van der Waals surface area contributed by atoms with E-state index in [1.807, 2.05) is 0 Å². The zero-order valence-electron chi connectivity index (χ0n) is 11.6. The average molecular weight is 311 g/mol. The molecular formula is C15H18FNO3S. The highest BCUT2D eigenvalue weighted by molar-refractivity contribution is 7.89. The van der Waals surface area contributed by atoms with E-state index in [2.05, 4.69) is 16.6 Å². The quantitative estimate of drug-likeness (QED) is 0.780. The van der Waals surface area contributed by atoms with E-state index in [1.165, 1.54) is 18.2 Å². The van der Waals surface area contributed by atoms with Gasteiger partial charge in [-0.05, 0) is 37.0 Å². The summed E-state index contributed by atoms with van der Waals surface area (Å²) in [4.78, 5) is 0. The first kappa shape index (κ1) is 16.0. The molecule has 6 heteroatoms. The van der Waals surface area contributed by atoms with Crippen molar-refractivity contribution in [1.82, 2.24) is 4.72 Å². The maximum atomic E-state index is 13.7. The third-order valence-corrected chi connectivity index (χ3v) is 4.64. The van der Waals surface area contributed by atoms with Gasteiger partial charge in [0.05, 0.1) is 12.4 Å². The lowest BCUT2D eigenvalue weighted by Crippen LogP contribution is -2.27. The van der Waals surface area contributed by atoms with Gasteiger partial charge >= 0.3 is 0 Å². The summed E-state index contributed by atoms with van der Waals surface area (Å²) in [5.74, 6) is 5.45. The van der Waals surface area contributed by atoms with Gasteiger partial charge in [-0.1, -0.05) is 11.8 Å². The van der Waals surface area contributed by atoms with Crippen LogP contribution >= 0.6 is 0 Å². The van der Waals surface area contributed by atoms with Gasteiger partial charge in [0.15, 0.2) is 0 Å². The van der Waals surface area contributed by atoms with Crippen molar-refractivity contribution in [1.29, 1.82) is 0 Å². The van der Waals surface area contributed by atoms with Crippen molar-refractivity contribution in [2.24, 2.45) is 5.92 Å². The van der Waals surface area contributed by atoms with E-state index in [1.54, 1.807) is 0 Å². The van der Waals surface area contributed by atoms with Gasteiger partial charge in [0.25, 0.3) is 0 Å². The van der Waals surface area contributed by atoms with E-state index < -0.39 is 15.8 Å². The minimum atomic E-state index is -3.35. The van der Waals surface area contributed by atoms with E-state index in [0.29, 0.717) is 12.0 Å². The number of sulfonamides is 1. The van der Waals surface area contributed by atoms with Crippen LogP contribution in [0.4, 0.5) is 4.39 Å². The Morgan fingerprint density at radius 3 is 2.81 bits per heavy atom. The summed E-state index contributed by atoms with van der Waals surface area (Å²) in [5.41, 5.74) is 0.867. The minimum Gasteiger partial charge on any atom is -0.395 e. The number of hydrogen-bond donors (Lipinski definition) is 2. The molecule has 1 saturated carbocycles. The van der Waals surface area contributed by atoms with Crippen LogP contribution in [0.1, 0.15) is 30.4 Å². The molecule has 0 aromatic heterocycles. The van der Waals surface area contributed by atoms with Gasteiger partial charge in [-0.25, -0.2) is 17.5 Å². The Morgan fingerprint density at radius 1 is 1.38 bits per heavy atom. The lowest BCUT2D eigenvalue weighted by molar-refractivity contribution is 0.305. The Balaban J connectivity index is 2.01. The standard InChI is InChI=1S/C15H18FNO3S/c16-15-7-6-12(3-1-2-8-18)9-14(15)10-17-21(19,20)11-13-4-5-13/h6-7,9,13,17-18H,2,4-5,8,10-11H2. The smallest absolute Gasteiger partial charge is 0.212 e. The maximum absolute atomic E-state index is 13.7. The monoisotopic (exact) mass is 311 g/mol. The molecule has 0 saturated heterocycles. The molecule has 1 aromatic carbocycles. The van der Waals surface area contributed by atoms with Crippen molar-refractivity contribution in [3.8, 4) is 11.8 Å². The molecule has 0 atom stereocenters. The third kappa shape index (κ3) is 5.46. The highest BCUT2D eigenvalue weighted by Gasteiger charge is 2.27. The van der Waals surface area contributed by atoms with Crippen molar-refractivity contribution in [2.45, 2.75) is 25.8 Å². The molecule has 0 heterocycles. The van der Waals surface area contributed by atoms with Gasteiger partial charge in [0.2, 0.25) is 10.0 Å². The number of benzene rings is 1. The van der Waals surface area contributed by atoms with Crippen molar-refractivity contribution >= 4 is 10.0 Å². The predicted octanol–water partition coefficient (Wildman–Crippen LogP) is 1.39. The largest absolute Gasteiger partial charge is 0.395 e. The number of aliphatic hydroxyl groups excluding tert-OH is 1. The number of rotatable bonds is 6. The summed E-state index contributed by atoms with van der Waals surface area (Å²) in [6, 6.07) is 4.33. The molecule has 2 rings (SSSR count). The fraction of sp³-hybridized carbons (Fsp3) is 0.467. The molecule has 0 spiro atoms. The molecule has 1 aliphatic carbocycles. The highest BCUT2D eigenvalue weighted by atomic mass is 32.2. The molecule has 1 fully saturated rings. The van der Waals surface area contributed by atoms with Crippen LogP contribution in [0, 0.1) is 23.6 Å². The molecule has 4 nitrogen and oxygen atoms in total. The zero-order valence-corrected chi connectivity index (χ0v) is 12.4. The van der Waals surface area contributed by atoms with E-state index in [-0.39, 0.29) is 30.4 Å². The summed E-state index contributed by atoms with van der Waals surface area (Å²) in [7, 11) is -3.35. The average Bonchev–Trinajstić information content (AvgIpc) is 3.22. The first-order chi connectivity index (χ1) is 10.00. The van der Waals surface area contributed by atoms with Gasteiger partial charge in [-0.2, -0.15) is 0 Å². The number of aliphatic hydroxyl groups is 1. The molecule has 0 amide bonds. The molecule has 21 heavy (non-hydrogen) atoms. The van der Waals surface area contributed by atoms with E-state index in [0.717, 1.165) is 12.8 Å². The molecule has 1 aliphatic rings. The summed E-state index contributed by atoms with van der Waals surface area (Å²) in [6.07, 6.45) is 2.25. The number of halogens is 1. The summed E-state index contributed by atoms with van der Waals surface area (Å²) < 4.78 is 39.7. The molecule has 2 N–H and O–H groups in total. The summed E-state index contributed by atoms with van der Waals surface area (Å²) >= 11 is 0. The van der Waals surface area contributed by atoms with Crippen LogP contribution in [-0.4, -0.2) is 25.9 Å². The fourth-order valence-electron chi connectivity index (χ4n) is 1.85. The van der Waals surface area contributed by atoms with Crippen LogP contribution in [0.25, 0.3) is 0 Å². The summed E-state index contributed by atoms with van der Waals surface area (Å²) in [5, 5.41) is 8.65. The molecule has 1 aromatic rings. The Morgan fingerprint density at radius 2 is 2.14 bits per heavy atom. The van der Waals surface area contributed by atoms with E-state index >= 15 is 0 Å². The molecule has 0 aliphatic heterocycles. The molecule has 0 bridgehead atoms. The Hall–Kier alpha value is -1.42. The van der Waals surface area contributed by atoms with Crippen molar-refractivity contribution in [3.63, 3.8) is 0 Å². The first-order valence-corrected chi connectivity index (χ1v) is 8.51. The Labute approximate surface area is 124 Å². The predicted molar refractivity (Wildman–Crippen MR) is 78.3 cm³/mol. The van der Waals surface area contributed by atoms with Crippen LogP contribution in [0.3, 0.4) is 0 Å². The SMILES string of the molecule is O=S(=O)(CC1CC1)NCc1cc(C#CCCO)ccc1F. The normalized spacial score (nSPS) is 14.6. The number of nitrogens with one attached hydrogen (secondary N) is 1. The van der Waals surface area contributed by atoms with Crippen LogP contribution in [0.5, 0.6) is 0 Å². The lowest BCUT2D eigenvalue weighted by Gasteiger charge is -2.07. The maximum Gasteiger partial charge on any atom is 0.212 e. The van der Waals surface area contributed by atoms with Gasteiger partial charge < -0.3 is 5.11 Å². The van der Waals surface area contributed by atoms with Crippen LogP contribution in [-0.2, 0) is 16.6 Å². The second-order valence-corrected chi connectivity index (χ2v) is 6.98. The number of hydrogen-bond acceptors (Lipinski definition) is 3. The van der Waals surface area contributed by atoms with Crippen LogP contribution in [0.2, 0.25) is 0 Å². The lowest BCUT2D eigenvalue weighted by atomic mass is 10.1. The van der Waals surface area contributed by atoms with Gasteiger partial charge in [-0.3, -0.25) is 0 Å². The topological polar surface area (TPSA) is 66.4 Å². The summed E-state index contributed by atoms with van der Waals surface area (Å²) in [6.45, 7) is -0.0988. The Kier molecular flexibility index (Phi) is 5.34. The molecule has 0 unspecified atom stereocenters. The van der Waals surface area contributed by atoms with Crippen molar-refractivity contribution < 1.29 is 17.9 Å². The highest BCUT2D eigenvalue weighted by Crippen LogP contribution is 2.30. The van der Waals surface area contributed by atoms with Gasteiger partial charge in [0, 0.05) is 24.1 Å². The van der Waals surface area contributed by atoms with Gasteiger partial charge in [0.1, 0.15) is 5.82 Å². The van der Waals surface area contributed by atoms with Crippen molar-refractivity contribution in [2.75, 3.05) is 12.4 Å². The molecule has 114 valence electrons. The van der Waals surface area contributed by atoms with E-state index in [9.17, 15) is 12.8 Å². The third-order valence-electron chi connectivity index (χ3n) is 3.15. The molecular weight excluding hydrogens is 293 g/mol. The first-order valence-electron chi connectivity index (χ1n) is 6.85. The fourth-order valence-corrected chi connectivity index (χ4v) is 3.30. The van der Waals surface area contributed by atoms with Crippen LogP contribution in [0.15, 0.2) is 18.2 Å². The minimum absolute atomic E-state index is 0.0258. The zero-order chi connectivity index (χ0) is 15.3. The van der Waals surface area contributed by atoms with Crippen molar-refractivity contribution in [3.05, 3.63) is 35.1 Å². The second kappa shape index (κ2) is 7.03. The van der Waals surface area contributed by atoms with Crippen LogP contribution < -0.4 is 4.72 Å². The van der Waals surface area contributed by atoms with Gasteiger partial charge in [-0.15, -0.1) is 0 Å². The van der Waals surface area contributed by atoms with E-state index in [4.69, 9.17) is 5.11 Å². The Bertz CT molecular complexity index is 657. The molecule has 0 radical (unpaired) electrons. The second-order valence-electron chi connectivity index (χ2n) is 5.13.